The number of hydrogen-bond donors (Lipinski definition) is 0. The largest absolute Gasteiger partial charge is 0.490 e. The highest BCUT2D eigenvalue weighted by atomic mass is 16.7. The fourth-order valence-corrected chi connectivity index (χ4v) is 6.49. The van der Waals surface area contributed by atoms with Crippen LogP contribution in [0.25, 0.3) is 11.1 Å². The van der Waals surface area contributed by atoms with Crippen molar-refractivity contribution in [2.45, 2.75) is 58.2 Å². The second-order valence-electron chi connectivity index (χ2n) is 13.0. The normalized spacial score (nSPS) is 20.5. The summed E-state index contributed by atoms with van der Waals surface area (Å²) < 4.78 is 44.9. The Balaban J connectivity index is 1.39. The molecule has 50 heavy (non-hydrogen) atoms. The van der Waals surface area contributed by atoms with Crippen LogP contribution in [0.4, 0.5) is 0 Å². The Morgan fingerprint density at radius 3 is 1.86 bits per heavy atom. The first kappa shape index (κ1) is 39.1. The summed E-state index contributed by atoms with van der Waals surface area (Å²) in [7, 11) is 2.99. The van der Waals surface area contributed by atoms with E-state index in [9.17, 15) is 9.59 Å². The van der Waals surface area contributed by atoms with Gasteiger partial charge < -0.3 is 37.9 Å². The maximum Gasteiger partial charge on any atom is 0.335 e. The van der Waals surface area contributed by atoms with E-state index in [1.54, 1.807) is 0 Å². The number of carbonyl (C=O) groups excluding carboxylic acids is 2. The van der Waals surface area contributed by atoms with Crippen LogP contribution in [0.1, 0.15) is 63.7 Å². The molecular formula is C40H54O10. The lowest BCUT2D eigenvalue weighted by Crippen LogP contribution is -2.34. The van der Waals surface area contributed by atoms with Crippen molar-refractivity contribution in [2.75, 3.05) is 67.1 Å². The van der Waals surface area contributed by atoms with Crippen molar-refractivity contribution in [1.82, 2.24) is 0 Å². The molecule has 10 heteroatoms. The number of hydrogen-bond acceptors (Lipinski definition) is 10. The van der Waals surface area contributed by atoms with Crippen LogP contribution in [0, 0.1) is 17.8 Å². The molecule has 0 N–H and O–H groups in total. The van der Waals surface area contributed by atoms with Crippen molar-refractivity contribution in [3.8, 4) is 22.6 Å². The molecule has 2 aliphatic rings. The molecule has 0 radical (unpaired) electrons. The zero-order valence-corrected chi connectivity index (χ0v) is 30.0. The molecule has 2 aromatic carbocycles. The summed E-state index contributed by atoms with van der Waals surface area (Å²) in [5.41, 5.74) is 3.25. The van der Waals surface area contributed by atoms with E-state index < -0.39 is 18.2 Å². The summed E-state index contributed by atoms with van der Waals surface area (Å²) in [6.07, 6.45) is 8.48. The smallest absolute Gasteiger partial charge is 0.335 e. The summed E-state index contributed by atoms with van der Waals surface area (Å²) in [5, 5.41) is 0. The zero-order chi connectivity index (χ0) is 35.7. The number of ether oxygens (including phenoxy) is 8. The molecule has 0 bridgehead atoms. The van der Waals surface area contributed by atoms with Gasteiger partial charge >= 0.3 is 11.9 Å². The highest BCUT2D eigenvalue weighted by molar-refractivity contribution is 5.88. The molecule has 0 spiro atoms. The molecule has 10 nitrogen and oxygen atoms in total. The van der Waals surface area contributed by atoms with Crippen LogP contribution in [0.5, 0.6) is 11.5 Å². The number of rotatable bonds is 20. The minimum Gasteiger partial charge on any atom is -0.490 e. The van der Waals surface area contributed by atoms with Gasteiger partial charge in [0.2, 0.25) is 0 Å². The maximum absolute atomic E-state index is 12.0. The van der Waals surface area contributed by atoms with E-state index in [0.717, 1.165) is 22.6 Å². The van der Waals surface area contributed by atoms with Crippen LogP contribution in [0.3, 0.4) is 0 Å². The van der Waals surface area contributed by atoms with Crippen molar-refractivity contribution in [3.05, 3.63) is 72.3 Å². The Morgan fingerprint density at radius 2 is 1.30 bits per heavy atom. The first-order valence-electron chi connectivity index (χ1n) is 17.7. The monoisotopic (exact) mass is 694 g/mol. The second kappa shape index (κ2) is 20.8. The minimum atomic E-state index is -0.556. The van der Waals surface area contributed by atoms with E-state index >= 15 is 0 Å². The molecule has 274 valence electrons. The van der Waals surface area contributed by atoms with Gasteiger partial charge in [-0.1, -0.05) is 70.4 Å². The third kappa shape index (κ3) is 12.0. The molecule has 2 fully saturated rings. The number of methoxy groups -OCH3 is 2. The molecule has 0 amide bonds. The lowest BCUT2D eigenvalue weighted by atomic mass is 9.74. The quantitative estimate of drug-likeness (QED) is 0.0799. The Hall–Kier alpha value is -3.70. The van der Waals surface area contributed by atoms with Gasteiger partial charge in [-0.2, -0.15) is 0 Å². The average Bonchev–Trinajstić information content (AvgIpc) is 3.14. The summed E-state index contributed by atoms with van der Waals surface area (Å²) in [5.74, 6) is 2.11. The van der Waals surface area contributed by atoms with Crippen LogP contribution in [-0.4, -0.2) is 79.0 Å². The maximum atomic E-state index is 12.0. The number of esters is 2. The van der Waals surface area contributed by atoms with Gasteiger partial charge in [0.05, 0.1) is 37.6 Å². The fourth-order valence-electron chi connectivity index (χ4n) is 6.49. The molecule has 1 aliphatic heterocycles. The van der Waals surface area contributed by atoms with E-state index in [4.69, 9.17) is 37.9 Å². The van der Waals surface area contributed by atoms with E-state index in [1.807, 2.05) is 42.5 Å². The molecule has 0 atom stereocenters. The van der Waals surface area contributed by atoms with Crippen LogP contribution in [-0.2, 0) is 38.0 Å². The first-order valence-corrected chi connectivity index (χ1v) is 17.7. The molecule has 1 saturated carbocycles. The molecule has 0 unspecified atom stereocenters. The van der Waals surface area contributed by atoms with Gasteiger partial charge in [-0.25, -0.2) is 9.59 Å². The van der Waals surface area contributed by atoms with Crippen molar-refractivity contribution in [3.63, 3.8) is 0 Å². The van der Waals surface area contributed by atoms with Crippen LogP contribution < -0.4 is 9.47 Å². The lowest BCUT2D eigenvalue weighted by molar-refractivity contribution is -0.214. The number of unbranched alkanes of at least 4 members (excludes halogenated alkanes) is 1. The number of benzene rings is 2. The van der Waals surface area contributed by atoms with Crippen molar-refractivity contribution in [1.29, 1.82) is 0 Å². The standard InChI is InChI=1S/C40H54O10/c1-6-7-8-30-9-11-31(12-10-30)33-26-49-40(50-27-33)37-23-35(46-20-22-48-39(42)29(3)25-44-5)17-18-36(37)32-13-15-34(16-14-32)45-19-21-47-38(41)28(2)24-43-4/h13-18,23,30-31,33,40H,2-3,6-12,19-22,24-27H2,1,4-5H3. The molecular weight excluding hydrogens is 640 g/mol. The van der Waals surface area contributed by atoms with E-state index in [-0.39, 0.29) is 50.8 Å². The zero-order valence-electron chi connectivity index (χ0n) is 30.0. The molecule has 2 aromatic rings. The van der Waals surface area contributed by atoms with Crippen LogP contribution in [0.2, 0.25) is 0 Å². The minimum absolute atomic E-state index is 0.0695. The Labute approximate surface area is 297 Å². The van der Waals surface area contributed by atoms with Crippen molar-refractivity contribution in [2.24, 2.45) is 17.8 Å². The highest BCUT2D eigenvalue weighted by Gasteiger charge is 2.33. The van der Waals surface area contributed by atoms with E-state index in [0.29, 0.717) is 36.5 Å². The Bertz CT molecular complexity index is 1370. The fraction of sp³-hybridized carbons (Fsp3) is 0.550. The average molecular weight is 695 g/mol. The summed E-state index contributed by atoms with van der Waals surface area (Å²) in [6, 6.07) is 13.5. The number of carbonyl (C=O) groups is 2. The van der Waals surface area contributed by atoms with Gasteiger partial charge in [0, 0.05) is 25.7 Å². The van der Waals surface area contributed by atoms with Gasteiger partial charge in [-0.3, -0.25) is 0 Å². The SMILES string of the molecule is C=C(COC)C(=O)OCCOc1ccc(-c2ccc(OCCOC(=O)C(=C)COC)cc2C2OCC(C3CCC(CCCC)CC3)CO2)cc1. The third-order valence-electron chi connectivity index (χ3n) is 9.27. The van der Waals surface area contributed by atoms with Gasteiger partial charge in [0.1, 0.15) is 37.9 Å². The Kier molecular flexibility index (Phi) is 16.3. The van der Waals surface area contributed by atoms with E-state index in [1.165, 1.54) is 59.2 Å². The van der Waals surface area contributed by atoms with Crippen LogP contribution >= 0.6 is 0 Å². The molecule has 1 saturated heterocycles. The second-order valence-corrected chi connectivity index (χ2v) is 13.0. The van der Waals surface area contributed by atoms with Gasteiger partial charge in [0.15, 0.2) is 6.29 Å². The predicted octanol–water partition coefficient (Wildman–Crippen LogP) is 7.26. The molecule has 1 heterocycles. The predicted molar refractivity (Wildman–Crippen MR) is 190 cm³/mol. The van der Waals surface area contributed by atoms with E-state index in [2.05, 4.69) is 20.1 Å². The third-order valence-corrected chi connectivity index (χ3v) is 9.27. The molecule has 1 aliphatic carbocycles. The van der Waals surface area contributed by atoms with Gasteiger partial charge in [0.25, 0.3) is 0 Å². The van der Waals surface area contributed by atoms with Gasteiger partial charge in [-0.05, 0) is 60.1 Å². The van der Waals surface area contributed by atoms with Crippen LogP contribution in [0.15, 0.2) is 66.8 Å². The summed E-state index contributed by atoms with van der Waals surface area (Å²) in [6.45, 7) is 11.6. The molecule has 0 aromatic heterocycles. The summed E-state index contributed by atoms with van der Waals surface area (Å²) >= 11 is 0. The topological polar surface area (TPSA) is 108 Å². The van der Waals surface area contributed by atoms with Crippen molar-refractivity contribution < 1.29 is 47.5 Å². The van der Waals surface area contributed by atoms with Gasteiger partial charge in [-0.15, -0.1) is 0 Å². The molecule has 4 rings (SSSR count). The lowest BCUT2D eigenvalue weighted by Gasteiger charge is -2.38. The first-order chi connectivity index (χ1) is 24.3. The highest BCUT2D eigenvalue weighted by Crippen LogP contribution is 2.41. The summed E-state index contributed by atoms with van der Waals surface area (Å²) in [4.78, 5) is 24.0. The van der Waals surface area contributed by atoms with Crippen molar-refractivity contribution >= 4 is 11.9 Å². The Morgan fingerprint density at radius 1 is 0.740 bits per heavy atom.